The van der Waals surface area contributed by atoms with E-state index in [0.717, 1.165) is 31.8 Å². The highest BCUT2D eigenvalue weighted by Crippen LogP contribution is 2.21. The maximum absolute atomic E-state index is 11.9. The molecular weight excluding hydrogens is 276 g/mol. The summed E-state index contributed by atoms with van der Waals surface area (Å²) in [7, 11) is 3.85. The summed E-state index contributed by atoms with van der Waals surface area (Å²) in [4.78, 5) is 16.3. The van der Waals surface area contributed by atoms with Gasteiger partial charge in [-0.15, -0.1) is 0 Å². The van der Waals surface area contributed by atoms with Crippen LogP contribution in [-0.2, 0) is 11.3 Å². The predicted octanol–water partition coefficient (Wildman–Crippen LogP) is 2.77. The number of benzene rings is 1. The molecule has 22 heavy (non-hydrogen) atoms. The highest BCUT2D eigenvalue weighted by Gasteiger charge is 2.27. The van der Waals surface area contributed by atoms with Gasteiger partial charge in [0.15, 0.2) is 0 Å². The van der Waals surface area contributed by atoms with Crippen molar-refractivity contribution in [3.63, 3.8) is 0 Å². The van der Waals surface area contributed by atoms with Gasteiger partial charge in [-0.25, -0.2) is 0 Å². The molecule has 1 aliphatic rings. The number of hydrogen-bond donors (Lipinski definition) is 0. The first-order valence-corrected chi connectivity index (χ1v) is 8.10. The van der Waals surface area contributed by atoms with Crippen LogP contribution in [-0.4, -0.2) is 49.0 Å². The van der Waals surface area contributed by atoms with E-state index in [1.165, 1.54) is 5.56 Å². The van der Waals surface area contributed by atoms with Crippen molar-refractivity contribution in [2.45, 2.75) is 39.3 Å². The third-order valence-electron chi connectivity index (χ3n) is 4.32. The molecule has 0 aromatic heterocycles. The van der Waals surface area contributed by atoms with Gasteiger partial charge in [-0.2, -0.15) is 0 Å². The smallest absolute Gasteiger partial charge is 0.222 e. The molecule has 2 rings (SSSR count). The molecule has 0 aliphatic carbocycles. The van der Waals surface area contributed by atoms with E-state index in [-0.39, 0.29) is 0 Å². The first kappa shape index (κ1) is 16.8. The number of methoxy groups -OCH3 is 1. The Morgan fingerprint density at radius 2 is 2.18 bits per heavy atom. The summed E-state index contributed by atoms with van der Waals surface area (Å²) >= 11 is 0. The molecule has 1 atom stereocenters. The van der Waals surface area contributed by atoms with Gasteiger partial charge in [0.05, 0.1) is 7.11 Å². The lowest BCUT2D eigenvalue weighted by molar-refractivity contribution is -0.136. The molecular formula is C18H28N2O2. The molecule has 0 saturated carbocycles. The van der Waals surface area contributed by atoms with E-state index < -0.39 is 0 Å². The summed E-state index contributed by atoms with van der Waals surface area (Å²) < 4.78 is 5.28. The highest BCUT2D eigenvalue weighted by atomic mass is 16.5. The lowest BCUT2D eigenvalue weighted by Gasteiger charge is -2.37. The number of amides is 1. The largest absolute Gasteiger partial charge is 0.497 e. The molecule has 1 aromatic rings. The Kier molecular flexibility index (Phi) is 5.83. The van der Waals surface area contributed by atoms with Crippen LogP contribution in [0.2, 0.25) is 0 Å². The number of ether oxygens (including phenoxy) is 1. The number of carbonyl (C=O) groups excluding carboxylic acids is 1. The van der Waals surface area contributed by atoms with Crippen LogP contribution in [0.4, 0.5) is 0 Å². The van der Waals surface area contributed by atoms with Crippen LogP contribution in [0.15, 0.2) is 24.3 Å². The molecule has 0 radical (unpaired) electrons. The third-order valence-corrected chi connectivity index (χ3v) is 4.32. The summed E-state index contributed by atoms with van der Waals surface area (Å²) in [6, 6.07) is 8.52. The summed E-state index contributed by atoms with van der Waals surface area (Å²) in [5.74, 6) is 1.78. The van der Waals surface area contributed by atoms with Crippen molar-refractivity contribution in [1.29, 1.82) is 0 Å². The van der Waals surface area contributed by atoms with Crippen molar-refractivity contribution in [1.82, 2.24) is 9.80 Å². The van der Waals surface area contributed by atoms with Gasteiger partial charge >= 0.3 is 0 Å². The zero-order valence-electron chi connectivity index (χ0n) is 14.2. The number of rotatable bonds is 6. The average molecular weight is 304 g/mol. The van der Waals surface area contributed by atoms with E-state index >= 15 is 0 Å². The Labute approximate surface area is 134 Å². The average Bonchev–Trinajstić information content (AvgIpc) is 2.49. The predicted molar refractivity (Wildman–Crippen MR) is 88.9 cm³/mol. The zero-order valence-corrected chi connectivity index (χ0v) is 14.2. The fraction of sp³-hybridized carbons (Fsp3) is 0.611. The Hall–Kier alpha value is -1.55. The first-order chi connectivity index (χ1) is 10.5. The summed E-state index contributed by atoms with van der Waals surface area (Å²) in [6.07, 6.45) is 1.69. The quantitative estimate of drug-likeness (QED) is 0.810. The molecule has 1 aliphatic heterocycles. The fourth-order valence-electron chi connectivity index (χ4n) is 3.18. The van der Waals surface area contributed by atoms with Crippen LogP contribution < -0.4 is 4.74 Å². The first-order valence-electron chi connectivity index (χ1n) is 8.10. The molecule has 1 unspecified atom stereocenters. The van der Waals surface area contributed by atoms with Gasteiger partial charge in [-0.05, 0) is 50.9 Å². The van der Waals surface area contributed by atoms with Crippen molar-refractivity contribution in [3.05, 3.63) is 29.8 Å². The topological polar surface area (TPSA) is 32.8 Å². The number of piperidine rings is 1. The molecule has 0 bridgehead atoms. The second kappa shape index (κ2) is 7.63. The van der Waals surface area contributed by atoms with Gasteiger partial charge in [-0.1, -0.05) is 12.1 Å². The summed E-state index contributed by atoms with van der Waals surface area (Å²) in [5, 5.41) is 0. The van der Waals surface area contributed by atoms with E-state index in [9.17, 15) is 4.79 Å². The maximum Gasteiger partial charge on any atom is 0.222 e. The van der Waals surface area contributed by atoms with Gasteiger partial charge in [0.2, 0.25) is 5.91 Å². The van der Waals surface area contributed by atoms with Crippen molar-refractivity contribution in [2.24, 2.45) is 5.92 Å². The minimum Gasteiger partial charge on any atom is -0.497 e. The number of nitrogens with zero attached hydrogens (tertiary/aromatic N) is 2. The Morgan fingerprint density at radius 3 is 2.86 bits per heavy atom. The molecule has 1 saturated heterocycles. The SMILES string of the molecule is COc1cccc(CN(C)CC2CCC(=O)N(C(C)C)C2)c1. The fourth-order valence-corrected chi connectivity index (χ4v) is 3.18. The van der Waals surface area contributed by atoms with Crippen LogP contribution in [0, 0.1) is 5.92 Å². The van der Waals surface area contributed by atoms with E-state index in [0.29, 0.717) is 24.3 Å². The third kappa shape index (κ3) is 4.47. The number of hydrogen-bond acceptors (Lipinski definition) is 3. The lowest BCUT2D eigenvalue weighted by atomic mass is 9.96. The molecule has 4 heteroatoms. The molecule has 0 N–H and O–H groups in total. The summed E-state index contributed by atoms with van der Waals surface area (Å²) in [6.45, 7) is 7.01. The van der Waals surface area contributed by atoms with Crippen LogP contribution in [0.3, 0.4) is 0 Å². The van der Waals surface area contributed by atoms with Crippen molar-refractivity contribution in [3.8, 4) is 5.75 Å². The van der Waals surface area contributed by atoms with Gasteiger partial charge in [0.1, 0.15) is 5.75 Å². The number of carbonyl (C=O) groups is 1. The molecule has 1 amide bonds. The molecule has 122 valence electrons. The van der Waals surface area contributed by atoms with Crippen LogP contribution in [0.1, 0.15) is 32.3 Å². The zero-order chi connectivity index (χ0) is 16.1. The van der Waals surface area contributed by atoms with Gasteiger partial charge < -0.3 is 14.5 Å². The minimum absolute atomic E-state index is 0.305. The van der Waals surface area contributed by atoms with E-state index in [2.05, 4.69) is 37.9 Å². The number of likely N-dealkylation sites (tertiary alicyclic amines) is 1. The molecule has 0 spiro atoms. The monoisotopic (exact) mass is 304 g/mol. The summed E-state index contributed by atoms with van der Waals surface area (Å²) in [5.41, 5.74) is 1.26. The Bertz CT molecular complexity index is 502. The molecule has 4 nitrogen and oxygen atoms in total. The second-order valence-corrected chi connectivity index (χ2v) is 6.59. The molecule has 1 fully saturated rings. The van der Waals surface area contributed by atoms with Crippen molar-refractivity contribution >= 4 is 5.91 Å². The molecule has 1 heterocycles. The van der Waals surface area contributed by atoms with Crippen LogP contribution in [0.5, 0.6) is 5.75 Å². The standard InChI is InChI=1S/C18H28N2O2/c1-14(2)20-13-16(8-9-18(20)21)12-19(3)11-15-6-5-7-17(10-15)22-4/h5-7,10,14,16H,8-9,11-13H2,1-4H3. The van der Waals surface area contributed by atoms with Gasteiger partial charge in [0, 0.05) is 32.1 Å². The van der Waals surface area contributed by atoms with Crippen LogP contribution >= 0.6 is 0 Å². The van der Waals surface area contributed by atoms with Crippen molar-refractivity contribution in [2.75, 3.05) is 27.2 Å². The second-order valence-electron chi connectivity index (χ2n) is 6.59. The molecule has 1 aromatic carbocycles. The minimum atomic E-state index is 0.305. The van der Waals surface area contributed by atoms with Crippen LogP contribution in [0.25, 0.3) is 0 Å². The Balaban J connectivity index is 1.88. The Morgan fingerprint density at radius 1 is 1.41 bits per heavy atom. The van der Waals surface area contributed by atoms with E-state index in [1.807, 2.05) is 17.0 Å². The van der Waals surface area contributed by atoms with Gasteiger partial charge in [-0.3, -0.25) is 4.79 Å². The lowest BCUT2D eigenvalue weighted by Crippen LogP contribution is -2.46. The highest BCUT2D eigenvalue weighted by molar-refractivity contribution is 5.77. The maximum atomic E-state index is 11.9. The normalized spacial score (nSPS) is 19.1. The van der Waals surface area contributed by atoms with Crippen molar-refractivity contribution < 1.29 is 9.53 Å². The van der Waals surface area contributed by atoms with E-state index in [4.69, 9.17) is 4.74 Å². The van der Waals surface area contributed by atoms with E-state index in [1.54, 1.807) is 7.11 Å². The van der Waals surface area contributed by atoms with Gasteiger partial charge in [0.25, 0.3) is 0 Å².